The number of benzene rings is 1. The minimum atomic E-state index is -0.869. The fourth-order valence-corrected chi connectivity index (χ4v) is 2.03. The van der Waals surface area contributed by atoms with E-state index < -0.39 is 23.9 Å². The summed E-state index contributed by atoms with van der Waals surface area (Å²) >= 11 is 3.14. The topological polar surface area (TPSA) is 81.7 Å². The third-order valence-electron chi connectivity index (χ3n) is 2.76. The van der Waals surface area contributed by atoms with Gasteiger partial charge >= 0.3 is 11.9 Å². The average Bonchev–Trinajstić information content (AvgIpc) is 2.52. The van der Waals surface area contributed by atoms with Crippen molar-refractivity contribution in [1.82, 2.24) is 5.32 Å². The summed E-state index contributed by atoms with van der Waals surface area (Å²) in [5.74, 6) is -1.64. The molecule has 0 spiro atoms. The van der Waals surface area contributed by atoms with E-state index >= 15 is 0 Å². The Hall–Kier alpha value is -2.15. The van der Waals surface area contributed by atoms with E-state index in [2.05, 4.69) is 37.3 Å². The lowest BCUT2D eigenvalue weighted by molar-refractivity contribution is -0.142. The highest BCUT2D eigenvalue weighted by Gasteiger charge is 2.23. The lowest BCUT2D eigenvalue weighted by Crippen LogP contribution is -2.41. The summed E-state index contributed by atoms with van der Waals surface area (Å²) in [7, 11) is 2.49. The van der Waals surface area contributed by atoms with Gasteiger partial charge in [0.1, 0.15) is 6.04 Å². The van der Waals surface area contributed by atoms with Gasteiger partial charge in [0.05, 0.1) is 19.8 Å². The molecule has 1 N–H and O–H groups in total. The molecule has 1 rings (SSSR count). The predicted molar refractivity (Wildman–Crippen MR) is 83.7 cm³/mol. The van der Waals surface area contributed by atoms with Crippen LogP contribution < -0.4 is 5.32 Å². The van der Waals surface area contributed by atoms with E-state index in [1.54, 1.807) is 6.07 Å². The molecule has 0 aliphatic carbocycles. The minimum absolute atomic E-state index is 0.190. The molecular formula is C15H16BrNO5. The predicted octanol–water partition coefficient (Wildman–Crippen LogP) is 2.04. The first-order valence-corrected chi connectivity index (χ1v) is 7.08. The van der Waals surface area contributed by atoms with Crippen LogP contribution in [0.15, 0.2) is 35.3 Å². The Labute approximate surface area is 136 Å². The third-order valence-corrected chi connectivity index (χ3v) is 3.09. The van der Waals surface area contributed by atoms with Crippen LogP contribution in [0.5, 0.6) is 0 Å². The van der Waals surface area contributed by atoms with E-state index in [1.807, 2.05) is 0 Å². The van der Waals surface area contributed by atoms with Crippen LogP contribution in [0.3, 0.4) is 0 Å². The Bertz CT molecular complexity index is 599. The Balaban J connectivity index is 2.92. The van der Waals surface area contributed by atoms with Crippen LogP contribution >= 0.6 is 15.9 Å². The van der Waals surface area contributed by atoms with Crippen molar-refractivity contribution in [3.63, 3.8) is 0 Å². The summed E-state index contributed by atoms with van der Waals surface area (Å²) in [4.78, 5) is 35.3. The zero-order valence-electron chi connectivity index (χ0n) is 12.2. The van der Waals surface area contributed by atoms with Gasteiger partial charge in [-0.15, -0.1) is 0 Å². The molecule has 7 heteroatoms. The summed E-state index contributed by atoms with van der Waals surface area (Å²) in [5.41, 5.74) is 0.478. The summed E-state index contributed by atoms with van der Waals surface area (Å²) in [6, 6.07) is 5.13. The van der Waals surface area contributed by atoms with Gasteiger partial charge in [0.25, 0.3) is 5.91 Å². The molecule has 0 radical (unpaired) electrons. The van der Waals surface area contributed by atoms with Crippen molar-refractivity contribution in [1.29, 1.82) is 0 Å². The first-order chi connectivity index (χ1) is 10.4. The summed E-state index contributed by atoms with van der Waals surface area (Å²) in [5, 5.41) is 2.54. The number of carbonyl (C=O) groups excluding carboxylic acids is 3. The minimum Gasteiger partial charge on any atom is -0.467 e. The fraction of sp³-hybridized carbons (Fsp3) is 0.267. The lowest BCUT2D eigenvalue weighted by atomic mass is 10.1. The fourth-order valence-electron chi connectivity index (χ4n) is 1.70. The summed E-state index contributed by atoms with van der Waals surface area (Å²) < 4.78 is 9.79. The van der Waals surface area contributed by atoms with E-state index in [9.17, 15) is 14.4 Å². The molecule has 1 amide bonds. The molecule has 0 bridgehead atoms. The van der Waals surface area contributed by atoms with Gasteiger partial charge < -0.3 is 14.8 Å². The average molecular weight is 370 g/mol. The van der Waals surface area contributed by atoms with Crippen molar-refractivity contribution >= 4 is 33.8 Å². The number of esters is 2. The molecule has 0 aromatic heterocycles. The van der Waals surface area contributed by atoms with Crippen molar-refractivity contribution in [3.05, 3.63) is 46.5 Å². The number of ether oxygens (including phenoxy) is 2. The first kappa shape index (κ1) is 17.9. The molecule has 118 valence electrons. The van der Waals surface area contributed by atoms with E-state index in [1.165, 1.54) is 32.4 Å². The molecule has 0 saturated carbocycles. The van der Waals surface area contributed by atoms with Crippen LogP contribution in [-0.4, -0.2) is 38.1 Å². The molecule has 0 aliphatic rings. The molecule has 1 aromatic carbocycles. The number of hydrogen-bond donors (Lipinski definition) is 1. The number of hydrogen-bond acceptors (Lipinski definition) is 5. The number of rotatable bonds is 6. The van der Waals surface area contributed by atoms with Gasteiger partial charge in [0.2, 0.25) is 0 Å². The van der Waals surface area contributed by atoms with Gasteiger partial charge in [-0.25, -0.2) is 9.59 Å². The van der Waals surface area contributed by atoms with Crippen LogP contribution in [0.25, 0.3) is 0 Å². The highest BCUT2D eigenvalue weighted by atomic mass is 79.9. The van der Waals surface area contributed by atoms with Crippen molar-refractivity contribution in [2.24, 2.45) is 0 Å². The number of methoxy groups -OCH3 is 2. The van der Waals surface area contributed by atoms with Gasteiger partial charge in [-0.3, -0.25) is 4.79 Å². The third kappa shape index (κ3) is 5.00. The largest absolute Gasteiger partial charge is 0.467 e. The molecule has 1 aromatic rings. The van der Waals surface area contributed by atoms with Gasteiger partial charge in [-0.1, -0.05) is 28.6 Å². The highest BCUT2D eigenvalue weighted by molar-refractivity contribution is 9.11. The Kier molecular flexibility index (Phi) is 6.78. The number of nitrogens with one attached hydrogen (secondary N) is 1. The van der Waals surface area contributed by atoms with Crippen molar-refractivity contribution in [2.45, 2.75) is 12.5 Å². The number of amides is 1. The summed E-state index contributed by atoms with van der Waals surface area (Å²) in [6.07, 6.45) is 0.190. The highest BCUT2D eigenvalue weighted by Crippen LogP contribution is 2.13. The first-order valence-electron chi connectivity index (χ1n) is 6.29. The maximum Gasteiger partial charge on any atom is 0.337 e. The zero-order valence-corrected chi connectivity index (χ0v) is 13.8. The molecule has 6 nitrogen and oxygen atoms in total. The molecular weight excluding hydrogens is 354 g/mol. The molecule has 1 atom stereocenters. The second-order valence-electron chi connectivity index (χ2n) is 4.34. The van der Waals surface area contributed by atoms with Gasteiger partial charge in [-0.2, -0.15) is 0 Å². The maximum atomic E-state index is 12.2. The molecule has 0 fully saturated rings. The van der Waals surface area contributed by atoms with E-state index in [0.717, 1.165) is 0 Å². The molecule has 22 heavy (non-hydrogen) atoms. The molecule has 0 saturated heterocycles. The van der Waals surface area contributed by atoms with Crippen LogP contribution in [0.2, 0.25) is 0 Å². The quantitative estimate of drug-likeness (QED) is 0.775. The number of halogens is 1. The molecule has 0 unspecified atom stereocenters. The zero-order chi connectivity index (χ0) is 16.7. The van der Waals surface area contributed by atoms with Crippen LogP contribution in [-0.2, 0) is 14.3 Å². The van der Waals surface area contributed by atoms with E-state index in [0.29, 0.717) is 4.48 Å². The van der Waals surface area contributed by atoms with Crippen LogP contribution in [0.4, 0.5) is 0 Å². The monoisotopic (exact) mass is 369 g/mol. The second-order valence-corrected chi connectivity index (χ2v) is 5.46. The van der Waals surface area contributed by atoms with E-state index in [-0.39, 0.29) is 17.5 Å². The van der Waals surface area contributed by atoms with Gasteiger partial charge in [-0.05, 0) is 22.7 Å². The van der Waals surface area contributed by atoms with Crippen molar-refractivity contribution < 1.29 is 23.9 Å². The summed E-state index contributed by atoms with van der Waals surface area (Å²) in [6.45, 7) is 3.64. The SMILES string of the molecule is C=C(Br)C[C@H](NC(=O)c1cccc(C(=O)OC)c1)C(=O)OC. The molecule has 0 heterocycles. The standard InChI is InChI=1S/C15H16BrNO5/c1-9(16)7-12(15(20)22-3)17-13(18)10-5-4-6-11(8-10)14(19)21-2/h4-6,8,12H,1,7H2,2-3H3,(H,17,18)/t12-/m0/s1. The maximum absolute atomic E-state index is 12.2. The number of carbonyl (C=O) groups is 3. The van der Waals surface area contributed by atoms with Crippen molar-refractivity contribution in [2.75, 3.05) is 14.2 Å². The van der Waals surface area contributed by atoms with E-state index in [4.69, 9.17) is 0 Å². The lowest BCUT2D eigenvalue weighted by Gasteiger charge is -2.16. The smallest absolute Gasteiger partial charge is 0.337 e. The Morgan fingerprint density at radius 1 is 1.23 bits per heavy atom. The van der Waals surface area contributed by atoms with Crippen molar-refractivity contribution in [3.8, 4) is 0 Å². The van der Waals surface area contributed by atoms with Gasteiger partial charge in [0.15, 0.2) is 0 Å². The van der Waals surface area contributed by atoms with Gasteiger partial charge in [0, 0.05) is 12.0 Å². The molecule has 0 aliphatic heterocycles. The second kappa shape index (κ2) is 8.33. The van der Waals surface area contributed by atoms with Crippen LogP contribution in [0, 0.1) is 0 Å². The Morgan fingerprint density at radius 3 is 2.41 bits per heavy atom. The van der Waals surface area contributed by atoms with Crippen LogP contribution in [0.1, 0.15) is 27.1 Å². The Morgan fingerprint density at radius 2 is 1.86 bits per heavy atom. The normalized spacial score (nSPS) is 11.2.